The van der Waals surface area contributed by atoms with Crippen LogP contribution in [0.25, 0.3) is 0 Å². The van der Waals surface area contributed by atoms with Gasteiger partial charge in [-0.15, -0.1) is 0 Å². The monoisotopic (exact) mass is 291 g/mol. The Morgan fingerprint density at radius 3 is 2.95 bits per heavy atom. The van der Waals surface area contributed by atoms with Gasteiger partial charge in [0.25, 0.3) is 0 Å². The second-order valence-electron chi connectivity index (χ2n) is 5.12. The summed E-state index contributed by atoms with van der Waals surface area (Å²) in [5, 5.41) is 16.2. The molecule has 1 aromatic rings. The highest BCUT2D eigenvalue weighted by atomic mass is 16.5. The van der Waals surface area contributed by atoms with Crippen LogP contribution in [-0.4, -0.2) is 60.3 Å². The highest BCUT2D eigenvalue weighted by molar-refractivity contribution is 6.04. The summed E-state index contributed by atoms with van der Waals surface area (Å²) in [7, 11) is 3.74. The van der Waals surface area contributed by atoms with Crippen molar-refractivity contribution in [1.82, 2.24) is 9.88 Å². The molecule has 3 N–H and O–H groups in total. The lowest BCUT2D eigenvalue weighted by Crippen LogP contribution is -2.12. The van der Waals surface area contributed by atoms with Crippen molar-refractivity contribution in [2.45, 2.75) is 25.0 Å². The lowest BCUT2D eigenvalue weighted by atomic mass is 10.1. The summed E-state index contributed by atoms with van der Waals surface area (Å²) in [6, 6.07) is 3.81. The number of nitrogens with zero attached hydrogens (tertiary/aromatic N) is 3. The van der Waals surface area contributed by atoms with E-state index in [0.29, 0.717) is 5.84 Å². The van der Waals surface area contributed by atoms with Crippen LogP contribution in [0.15, 0.2) is 22.1 Å². The predicted molar refractivity (Wildman–Crippen MR) is 82.2 cm³/mol. The van der Waals surface area contributed by atoms with E-state index in [1.54, 1.807) is 11.2 Å². The van der Waals surface area contributed by atoms with E-state index in [2.05, 4.69) is 15.0 Å². The Kier molecular flexibility index (Phi) is 5.24. The van der Waals surface area contributed by atoms with Crippen molar-refractivity contribution >= 4 is 18.5 Å². The average Bonchev–Trinajstić information content (AvgIpc) is 3.11. The minimum Gasteiger partial charge on any atom is -0.394 e. The van der Waals surface area contributed by atoms with Crippen molar-refractivity contribution in [3.63, 3.8) is 0 Å². The normalized spacial score (nSPS) is 22.9. The third-order valence-corrected chi connectivity index (χ3v) is 3.21. The second-order valence-corrected chi connectivity index (χ2v) is 5.12. The number of hydrogen-bond acceptors (Lipinski definition) is 3. The maximum Gasteiger partial charge on any atom is 0.178 e. The third kappa shape index (κ3) is 3.99. The zero-order valence-electron chi connectivity index (χ0n) is 12.3. The number of aliphatic hydroxyl groups excluding tert-OH is 1. The van der Waals surface area contributed by atoms with Crippen LogP contribution in [0.5, 0.6) is 0 Å². The molecule has 21 heavy (non-hydrogen) atoms. The van der Waals surface area contributed by atoms with E-state index < -0.39 is 0 Å². The van der Waals surface area contributed by atoms with Crippen LogP contribution in [0.1, 0.15) is 30.3 Å². The van der Waals surface area contributed by atoms with Crippen molar-refractivity contribution in [1.29, 1.82) is 5.41 Å². The Bertz CT molecular complexity index is 535. The molecule has 114 valence electrons. The maximum atomic E-state index is 9.11. The molecule has 0 bridgehead atoms. The first-order valence-electron chi connectivity index (χ1n) is 6.87. The van der Waals surface area contributed by atoms with Crippen LogP contribution in [0.3, 0.4) is 0 Å². The molecule has 1 aliphatic rings. The number of aromatic amines is 1. The summed E-state index contributed by atoms with van der Waals surface area (Å²) < 4.78 is 5.74. The van der Waals surface area contributed by atoms with Crippen molar-refractivity contribution in [2.24, 2.45) is 9.98 Å². The molecule has 2 rings (SSSR count). The van der Waals surface area contributed by atoms with Gasteiger partial charge in [-0.05, 0) is 25.0 Å². The Morgan fingerprint density at radius 2 is 2.33 bits per heavy atom. The van der Waals surface area contributed by atoms with E-state index in [1.165, 1.54) is 0 Å². The van der Waals surface area contributed by atoms with E-state index in [1.807, 2.05) is 26.2 Å². The molecule has 1 fully saturated rings. The molecule has 7 nitrogen and oxygen atoms in total. The summed E-state index contributed by atoms with van der Waals surface area (Å²) in [6.07, 6.45) is 4.23. The van der Waals surface area contributed by atoms with Crippen molar-refractivity contribution in [3.8, 4) is 0 Å². The van der Waals surface area contributed by atoms with Crippen LogP contribution in [-0.2, 0) is 4.74 Å². The fraction of sp³-hybridized carbons (Fsp3) is 0.500. The topological polar surface area (TPSA) is 97.1 Å². The van der Waals surface area contributed by atoms with Crippen molar-refractivity contribution in [2.75, 3.05) is 20.7 Å². The minimum atomic E-state index is -0.0803. The van der Waals surface area contributed by atoms with Crippen LogP contribution < -0.4 is 0 Å². The molecule has 1 unspecified atom stereocenters. The highest BCUT2D eigenvalue weighted by Gasteiger charge is 2.27. The smallest absolute Gasteiger partial charge is 0.178 e. The fourth-order valence-corrected chi connectivity index (χ4v) is 2.20. The van der Waals surface area contributed by atoms with E-state index in [0.717, 1.165) is 30.6 Å². The van der Waals surface area contributed by atoms with Gasteiger partial charge in [-0.3, -0.25) is 5.41 Å². The first kappa shape index (κ1) is 15.4. The summed E-state index contributed by atoms with van der Waals surface area (Å²) >= 11 is 0. The van der Waals surface area contributed by atoms with E-state index in [9.17, 15) is 0 Å². The largest absolute Gasteiger partial charge is 0.394 e. The molecule has 1 aromatic heterocycles. The van der Waals surface area contributed by atoms with E-state index >= 15 is 0 Å². The summed E-state index contributed by atoms with van der Waals surface area (Å²) in [6.45, 7) is 0.0533. The molecule has 1 saturated heterocycles. The average molecular weight is 291 g/mol. The van der Waals surface area contributed by atoms with Gasteiger partial charge in [0.05, 0.1) is 30.8 Å². The second kappa shape index (κ2) is 7.14. The summed E-state index contributed by atoms with van der Waals surface area (Å²) in [5.74, 6) is 0.446. The number of ether oxygens (including phenoxy) is 1. The molecule has 0 aliphatic carbocycles. The van der Waals surface area contributed by atoms with Gasteiger partial charge in [0.2, 0.25) is 0 Å². The minimum absolute atomic E-state index is 0.0324. The van der Waals surface area contributed by atoms with Gasteiger partial charge >= 0.3 is 0 Å². The summed E-state index contributed by atoms with van der Waals surface area (Å²) in [5.41, 5.74) is 1.68. The predicted octanol–water partition coefficient (Wildman–Crippen LogP) is 1.17. The van der Waals surface area contributed by atoms with Crippen LogP contribution in [0, 0.1) is 5.41 Å². The fourth-order valence-electron chi connectivity index (χ4n) is 2.20. The summed E-state index contributed by atoms with van der Waals surface area (Å²) in [4.78, 5) is 13.2. The van der Waals surface area contributed by atoms with E-state index in [4.69, 9.17) is 15.3 Å². The Hall–Kier alpha value is -1.99. The first-order chi connectivity index (χ1) is 10.1. The third-order valence-electron chi connectivity index (χ3n) is 3.21. The molecule has 0 aromatic carbocycles. The molecule has 0 saturated carbocycles. The molecule has 1 aliphatic heterocycles. The van der Waals surface area contributed by atoms with Crippen LogP contribution >= 0.6 is 0 Å². The Labute approximate surface area is 123 Å². The molecule has 0 spiro atoms. The zero-order chi connectivity index (χ0) is 15.2. The number of amidine groups is 1. The number of aliphatic imine (C=N–C) groups is 2. The van der Waals surface area contributed by atoms with Gasteiger partial charge in [-0.1, -0.05) is 0 Å². The van der Waals surface area contributed by atoms with Gasteiger partial charge in [0, 0.05) is 19.8 Å². The zero-order valence-corrected chi connectivity index (χ0v) is 12.3. The quantitative estimate of drug-likeness (QED) is 0.561. The van der Waals surface area contributed by atoms with Gasteiger partial charge in [0.15, 0.2) is 5.84 Å². The molecule has 0 radical (unpaired) electrons. The molecular weight excluding hydrogens is 270 g/mol. The van der Waals surface area contributed by atoms with Gasteiger partial charge in [-0.2, -0.15) is 0 Å². The van der Waals surface area contributed by atoms with Crippen LogP contribution in [0.2, 0.25) is 0 Å². The lowest BCUT2D eigenvalue weighted by molar-refractivity contribution is 0.00943. The van der Waals surface area contributed by atoms with Gasteiger partial charge in [-0.25, -0.2) is 9.98 Å². The number of H-pyrrole nitrogens is 1. The number of rotatable bonds is 5. The molecule has 2 heterocycles. The van der Waals surface area contributed by atoms with Crippen molar-refractivity contribution in [3.05, 3.63) is 23.5 Å². The lowest BCUT2D eigenvalue weighted by Gasteiger charge is -2.10. The van der Waals surface area contributed by atoms with E-state index in [-0.39, 0.29) is 18.8 Å². The SMILES string of the molecule is CN(C)/C=N/C(=N/C=N)c1ccc(C2CC[C@@H](CO)O2)[nH]1. The Morgan fingerprint density at radius 1 is 1.52 bits per heavy atom. The first-order valence-corrected chi connectivity index (χ1v) is 6.87. The Balaban J connectivity index is 2.14. The number of aliphatic hydroxyl groups is 1. The molecule has 2 atom stereocenters. The molecular formula is C14H21N5O2. The van der Waals surface area contributed by atoms with Gasteiger partial charge < -0.3 is 19.7 Å². The number of hydrogen-bond donors (Lipinski definition) is 3. The number of nitrogens with one attached hydrogen (secondary N) is 2. The van der Waals surface area contributed by atoms with Crippen LogP contribution in [0.4, 0.5) is 0 Å². The highest BCUT2D eigenvalue weighted by Crippen LogP contribution is 2.31. The maximum absolute atomic E-state index is 9.11. The standard InChI is InChI=1S/C14H21N5O2/c1-19(2)9-17-14(16-8-15)12-5-4-11(18-12)13-6-3-10(7-20)21-13/h4-5,8-10,13,15,18,20H,3,6-7H2,1-2H3/b15-8?,16-14+,17-9+/t10-,13?/m0/s1. The van der Waals surface area contributed by atoms with Crippen molar-refractivity contribution < 1.29 is 9.84 Å². The van der Waals surface area contributed by atoms with Gasteiger partial charge in [0.1, 0.15) is 6.34 Å². The molecule has 0 amide bonds. The number of aromatic nitrogens is 1. The molecule has 7 heteroatoms.